The number of fused-ring (bicyclic) bond motifs is 1. The molecule has 3 fully saturated rings. The molecular weight excluding hydrogens is 294 g/mol. The third kappa shape index (κ3) is 2.81. The monoisotopic (exact) mass is 319 g/mol. The van der Waals surface area contributed by atoms with Crippen molar-refractivity contribution in [1.29, 1.82) is 0 Å². The van der Waals surface area contributed by atoms with E-state index in [0.29, 0.717) is 17.9 Å². The minimum absolute atomic E-state index is 0.659. The van der Waals surface area contributed by atoms with Crippen LogP contribution in [0.4, 0.5) is 0 Å². The molecule has 3 heteroatoms. The Hall–Kier alpha value is -0.570. The molecule has 2 nitrogen and oxygen atoms in total. The molecule has 1 aliphatic heterocycles. The van der Waals surface area contributed by atoms with Gasteiger partial charge in [0.2, 0.25) is 0 Å². The summed E-state index contributed by atoms with van der Waals surface area (Å²) in [5.74, 6) is 3.17. The third-order valence-corrected chi connectivity index (χ3v) is 6.36. The van der Waals surface area contributed by atoms with Gasteiger partial charge in [-0.15, -0.1) is 0 Å². The lowest BCUT2D eigenvalue weighted by Gasteiger charge is -2.55. The second-order valence-electron chi connectivity index (χ2n) is 7.35. The lowest BCUT2D eigenvalue weighted by Crippen LogP contribution is -2.58. The van der Waals surface area contributed by atoms with E-state index in [0.717, 1.165) is 36.6 Å². The average molecular weight is 320 g/mol. The molecule has 4 rings (SSSR count). The van der Waals surface area contributed by atoms with Gasteiger partial charge < -0.3 is 10.1 Å². The van der Waals surface area contributed by atoms with Crippen molar-refractivity contribution in [3.8, 4) is 0 Å². The molecular formula is C19H26ClNO. The molecule has 1 aromatic carbocycles. The van der Waals surface area contributed by atoms with E-state index in [9.17, 15) is 0 Å². The van der Waals surface area contributed by atoms with Crippen LogP contribution in [0.25, 0.3) is 0 Å². The summed E-state index contributed by atoms with van der Waals surface area (Å²) in [6.07, 6.45) is 6.86. The Labute approximate surface area is 138 Å². The molecule has 1 aromatic rings. The largest absolute Gasteiger partial charge is 0.381 e. The minimum Gasteiger partial charge on any atom is -0.381 e. The molecule has 120 valence electrons. The fourth-order valence-electron chi connectivity index (χ4n) is 4.93. The van der Waals surface area contributed by atoms with Crippen LogP contribution in [0, 0.1) is 17.8 Å². The van der Waals surface area contributed by atoms with Crippen molar-refractivity contribution >= 4 is 11.6 Å². The summed E-state index contributed by atoms with van der Waals surface area (Å²) in [6, 6.07) is 9.24. The predicted octanol–water partition coefficient (Wildman–Crippen LogP) is 4.24. The normalized spacial score (nSPS) is 37.6. The van der Waals surface area contributed by atoms with Gasteiger partial charge in [0, 0.05) is 30.1 Å². The van der Waals surface area contributed by atoms with Crippen LogP contribution < -0.4 is 5.32 Å². The first-order valence-electron chi connectivity index (χ1n) is 8.89. The zero-order valence-electron chi connectivity index (χ0n) is 13.1. The van der Waals surface area contributed by atoms with Crippen molar-refractivity contribution in [2.24, 2.45) is 17.8 Å². The van der Waals surface area contributed by atoms with Crippen LogP contribution in [-0.2, 0) is 4.74 Å². The number of hydrogen-bond acceptors (Lipinski definition) is 2. The number of ether oxygens (including phenoxy) is 1. The molecule has 0 aromatic heterocycles. The smallest absolute Gasteiger partial charge is 0.0507 e. The zero-order chi connectivity index (χ0) is 14.9. The second-order valence-corrected chi connectivity index (χ2v) is 7.79. The zero-order valence-corrected chi connectivity index (χ0v) is 13.9. The molecule has 0 radical (unpaired) electrons. The molecule has 0 bridgehead atoms. The maximum absolute atomic E-state index is 6.07. The summed E-state index contributed by atoms with van der Waals surface area (Å²) in [5.41, 5.74) is 1.48. The lowest BCUT2D eigenvalue weighted by atomic mass is 9.53. The summed E-state index contributed by atoms with van der Waals surface area (Å²) in [5, 5.41) is 4.75. The number of hydrogen-bond donors (Lipinski definition) is 1. The van der Waals surface area contributed by atoms with Gasteiger partial charge in [0.05, 0.1) is 6.61 Å². The molecule has 0 unspecified atom stereocenters. The van der Waals surface area contributed by atoms with Crippen molar-refractivity contribution in [3.63, 3.8) is 0 Å². The highest BCUT2D eigenvalue weighted by Gasteiger charge is 2.50. The second kappa shape index (κ2) is 6.51. The summed E-state index contributed by atoms with van der Waals surface area (Å²) < 4.78 is 5.52. The predicted molar refractivity (Wildman–Crippen MR) is 90.4 cm³/mol. The maximum atomic E-state index is 6.07. The van der Waals surface area contributed by atoms with Crippen LogP contribution >= 0.6 is 11.6 Å². The number of rotatable bonds is 4. The van der Waals surface area contributed by atoms with Gasteiger partial charge in [0.15, 0.2) is 0 Å². The molecule has 1 N–H and O–H groups in total. The Bertz CT molecular complexity index is 497. The van der Waals surface area contributed by atoms with E-state index >= 15 is 0 Å². The first-order valence-corrected chi connectivity index (χ1v) is 9.27. The summed E-state index contributed by atoms with van der Waals surface area (Å²) in [4.78, 5) is 0. The van der Waals surface area contributed by atoms with Crippen LogP contribution in [0.2, 0.25) is 5.02 Å². The Kier molecular flexibility index (Phi) is 4.43. The van der Waals surface area contributed by atoms with Crippen LogP contribution in [-0.4, -0.2) is 25.8 Å². The Morgan fingerprint density at radius 2 is 1.82 bits per heavy atom. The van der Waals surface area contributed by atoms with Gasteiger partial charge in [0.1, 0.15) is 0 Å². The SMILES string of the molecule is Clc1ccc([C@H]2[C@H]3CCCC[C@@H]3[C@@H]2NC[C@@H]2CCOC2)cc1. The van der Waals surface area contributed by atoms with E-state index in [1.54, 1.807) is 0 Å². The van der Waals surface area contributed by atoms with E-state index in [1.807, 2.05) is 0 Å². The van der Waals surface area contributed by atoms with Gasteiger partial charge in [-0.25, -0.2) is 0 Å². The third-order valence-electron chi connectivity index (χ3n) is 6.11. The van der Waals surface area contributed by atoms with Crippen molar-refractivity contribution in [2.75, 3.05) is 19.8 Å². The van der Waals surface area contributed by atoms with Gasteiger partial charge in [-0.05, 0) is 54.7 Å². The van der Waals surface area contributed by atoms with E-state index in [-0.39, 0.29) is 0 Å². The van der Waals surface area contributed by atoms with Crippen molar-refractivity contribution in [1.82, 2.24) is 5.32 Å². The van der Waals surface area contributed by atoms with E-state index < -0.39 is 0 Å². The Morgan fingerprint density at radius 1 is 1.05 bits per heavy atom. The van der Waals surface area contributed by atoms with Crippen LogP contribution in [0.5, 0.6) is 0 Å². The van der Waals surface area contributed by atoms with Gasteiger partial charge >= 0.3 is 0 Å². The quantitative estimate of drug-likeness (QED) is 0.896. The highest BCUT2D eigenvalue weighted by atomic mass is 35.5. The average Bonchev–Trinajstić information content (AvgIpc) is 3.04. The van der Waals surface area contributed by atoms with Gasteiger partial charge in [-0.2, -0.15) is 0 Å². The van der Waals surface area contributed by atoms with Crippen LogP contribution in [0.1, 0.15) is 43.6 Å². The Balaban J connectivity index is 1.47. The van der Waals surface area contributed by atoms with Gasteiger partial charge in [-0.1, -0.05) is 36.6 Å². The van der Waals surface area contributed by atoms with E-state index in [1.165, 1.54) is 37.7 Å². The molecule has 0 amide bonds. The molecule has 2 saturated carbocycles. The van der Waals surface area contributed by atoms with Crippen LogP contribution in [0.15, 0.2) is 24.3 Å². The van der Waals surface area contributed by atoms with E-state index in [4.69, 9.17) is 16.3 Å². The van der Waals surface area contributed by atoms with Crippen molar-refractivity contribution < 1.29 is 4.74 Å². The molecule has 1 heterocycles. The molecule has 0 spiro atoms. The molecule has 3 aliphatic rings. The number of nitrogens with one attached hydrogen (secondary N) is 1. The maximum Gasteiger partial charge on any atom is 0.0507 e. The number of benzene rings is 1. The minimum atomic E-state index is 0.659. The highest BCUT2D eigenvalue weighted by Crippen LogP contribution is 2.54. The first-order chi connectivity index (χ1) is 10.8. The number of halogens is 1. The molecule has 1 saturated heterocycles. The topological polar surface area (TPSA) is 21.3 Å². The molecule has 22 heavy (non-hydrogen) atoms. The molecule has 5 atom stereocenters. The fourth-order valence-corrected chi connectivity index (χ4v) is 5.06. The molecule has 2 aliphatic carbocycles. The lowest BCUT2D eigenvalue weighted by molar-refractivity contribution is 0.0240. The summed E-state index contributed by atoms with van der Waals surface area (Å²) in [7, 11) is 0. The standard InChI is InChI=1S/C19H26ClNO/c20-15-7-5-14(6-8-15)18-16-3-1-2-4-17(16)19(18)21-11-13-9-10-22-12-13/h5-8,13,16-19,21H,1-4,9-12H2/t13-,16-,17-,18-,19-/m0/s1. The first kappa shape index (κ1) is 15.0. The van der Waals surface area contributed by atoms with Crippen LogP contribution in [0.3, 0.4) is 0 Å². The van der Waals surface area contributed by atoms with E-state index in [2.05, 4.69) is 29.6 Å². The van der Waals surface area contributed by atoms with Crippen molar-refractivity contribution in [2.45, 2.75) is 44.1 Å². The van der Waals surface area contributed by atoms with Crippen molar-refractivity contribution in [3.05, 3.63) is 34.9 Å². The van der Waals surface area contributed by atoms with Gasteiger partial charge in [0.25, 0.3) is 0 Å². The highest BCUT2D eigenvalue weighted by molar-refractivity contribution is 6.30. The Morgan fingerprint density at radius 3 is 2.55 bits per heavy atom. The van der Waals surface area contributed by atoms with Gasteiger partial charge in [-0.3, -0.25) is 0 Å². The fraction of sp³-hybridized carbons (Fsp3) is 0.684. The summed E-state index contributed by atoms with van der Waals surface area (Å²) in [6.45, 7) is 3.01. The summed E-state index contributed by atoms with van der Waals surface area (Å²) >= 11 is 6.07.